The molecule has 1 aromatic rings. The Labute approximate surface area is 118 Å². The number of carboxylic acids is 1. The molecule has 4 heteroatoms. The van der Waals surface area contributed by atoms with Gasteiger partial charge in [0.1, 0.15) is 0 Å². The number of nitrogens with zero attached hydrogens (tertiary/aromatic N) is 2. The average molecular weight is 270 g/mol. The largest absolute Gasteiger partial charge is 0.481 e. The molecule has 4 nitrogen and oxygen atoms in total. The lowest BCUT2D eigenvalue weighted by molar-refractivity contribution is -0.139. The van der Waals surface area contributed by atoms with E-state index in [4.69, 9.17) is 5.26 Å². The van der Waals surface area contributed by atoms with Crippen LogP contribution in [0.2, 0.25) is 0 Å². The van der Waals surface area contributed by atoms with E-state index in [0.29, 0.717) is 12.8 Å². The molecule has 0 amide bonds. The topological polar surface area (TPSA) is 64.3 Å². The molecule has 1 heterocycles. The highest BCUT2D eigenvalue weighted by Crippen LogP contribution is 2.50. The first kappa shape index (κ1) is 13.0. The Bertz CT molecular complexity index is 572. The molecule has 0 aromatic heterocycles. The van der Waals surface area contributed by atoms with E-state index in [9.17, 15) is 9.90 Å². The van der Waals surface area contributed by atoms with Gasteiger partial charge in [0.05, 0.1) is 12.0 Å². The first-order chi connectivity index (χ1) is 9.65. The predicted octanol–water partition coefficient (Wildman–Crippen LogP) is 2.76. The van der Waals surface area contributed by atoms with Crippen LogP contribution in [0.4, 0.5) is 5.69 Å². The number of nitriles is 1. The summed E-state index contributed by atoms with van der Waals surface area (Å²) < 4.78 is 0. The summed E-state index contributed by atoms with van der Waals surface area (Å²) in [7, 11) is 0. The van der Waals surface area contributed by atoms with E-state index < -0.39 is 11.9 Å². The minimum Gasteiger partial charge on any atom is -0.481 e. The normalized spacial score (nSPS) is 22.8. The highest BCUT2D eigenvalue weighted by atomic mass is 16.4. The lowest BCUT2D eigenvalue weighted by Gasteiger charge is -2.36. The van der Waals surface area contributed by atoms with E-state index in [1.54, 1.807) is 0 Å². The van der Waals surface area contributed by atoms with E-state index in [1.807, 2.05) is 24.3 Å². The fourth-order valence-electron chi connectivity index (χ4n) is 3.19. The van der Waals surface area contributed by atoms with Crippen molar-refractivity contribution in [1.82, 2.24) is 0 Å². The number of rotatable bonds is 4. The summed E-state index contributed by atoms with van der Waals surface area (Å²) in [6, 6.07) is 10.1. The molecule has 1 N–H and O–H groups in total. The summed E-state index contributed by atoms with van der Waals surface area (Å²) in [4.78, 5) is 13.6. The second-order valence-electron chi connectivity index (χ2n) is 5.99. The SMILES string of the molecule is N#CCC1(CN2CCC(C(=O)O)c3ccccc32)CC1. The van der Waals surface area contributed by atoms with Gasteiger partial charge in [-0.2, -0.15) is 5.26 Å². The Morgan fingerprint density at radius 2 is 2.20 bits per heavy atom. The van der Waals surface area contributed by atoms with E-state index in [0.717, 1.165) is 37.2 Å². The zero-order chi connectivity index (χ0) is 14.2. The maximum Gasteiger partial charge on any atom is 0.311 e. The van der Waals surface area contributed by atoms with Gasteiger partial charge in [-0.15, -0.1) is 0 Å². The number of hydrogen-bond acceptors (Lipinski definition) is 3. The Kier molecular flexibility index (Phi) is 3.13. The van der Waals surface area contributed by atoms with Crippen LogP contribution in [0.3, 0.4) is 0 Å². The summed E-state index contributed by atoms with van der Waals surface area (Å²) >= 11 is 0. The second kappa shape index (κ2) is 4.82. The molecule has 0 spiro atoms. The molecule has 1 saturated carbocycles. The Balaban J connectivity index is 1.86. The van der Waals surface area contributed by atoms with Crippen molar-refractivity contribution in [3.8, 4) is 6.07 Å². The number of para-hydroxylation sites is 1. The lowest BCUT2D eigenvalue weighted by Crippen LogP contribution is -2.37. The number of anilines is 1. The van der Waals surface area contributed by atoms with Crippen LogP contribution in [0.25, 0.3) is 0 Å². The summed E-state index contributed by atoms with van der Waals surface area (Å²) in [6.07, 6.45) is 3.48. The lowest BCUT2D eigenvalue weighted by atomic mass is 9.89. The molecule has 2 aliphatic rings. The number of fused-ring (bicyclic) bond motifs is 1. The summed E-state index contributed by atoms with van der Waals surface area (Å²) in [5, 5.41) is 18.3. The number of hydrogen-bond donors (Lipinski definition) is 1. The molecule has 1 aliphatic carbocycles. The van der Waals surface area contributed by atoms with Crippen molar-refractivity contribution in [2.45, 2.75) is 31.6 Å². The van der Waals surface area contributed by atoms with Crippen LogP contribution in [0.1, 0.15) is 37.2 Å². The molecular formula is C16H18N2O2. The number of carbonyl (C=O) groups is 1. The van der Waals surface area contributed by atoms with Crippen LogP contribution >= 0.6 is 0 Å². The summed E-state index contributed by atoms with van der Waals surface area (Å²) in [5.74, 6) is -1.14. The molecule has 20 heavy (non-hydrogen) atoms. The van der Waals surface area contributed by atoms with Crippen molar-refractivity contribution >= 4 is 11.7 Å². The molecule has 1 fully saturated rings. The van der Waals surface area contributed by atoms with E-state index >= 15 is 0 Å². The van der Waals surface area contributed by atoms with E-state index in [-0.39, 0.29) is 5.41 Å². The van der Waals surface area contributed by atoms with Crippen molar-refractivity contribution in [1.29, 1.82) is 5.26 Å². The van der Waals surface area contributed by atoms with Crippen molar-refractivity contribution in [3.63, 3.8) is 0 Å². The zero-order valence-corrected chi connectivity index (χ0v) is 11.4. The third-order valence-electron chi connectivity index (χ3n) is 4.58. The Morgan fingerprint density at radius 3 is 2.85 bits per heavy atom. The molecule has 104 valence electrons. The molecule has 1 atom stereocenters. The molecular weight excluding hydrogens is 252 g/mol. The average Bonchev–Trinajstić information content (AvgIpc) is 3.19. The second-order valence-corrected chi connectivity index (χ2v) is 5.99. The number of aliphatic carboxylic acids is 1. The fourth-order valence-corrected chi connectivity index (χ4v) is 3.19. The van der Waals surface area contributed by atoms with Gasteiger partial charge in [-0.05, 0) is 30.9 Å². The maximum atomic E-state index is 11.4. The Hall–Kier alpha value is -2.02. The quantitative estimate of drug-likeness (QED) is 0.913. The standard InChI is InChI=1S/C16H18N2O2/c17-9-8-16(6-7-16)11-18-10-5-13(15(19)20)12-3-1-2-4-14(12)18/h1-4,13H,5-8,10-11H2,(H,19,20). The van der Waals surface area contributed by atoms with Gasteiger partial charge in [-0.1, -0.05) is 18.2 Å². The minimum atomic E-state index is -0.740. The third-order valence-corrected chi connectivity index (χ3v) is 4.58. The van der Waals surface area contributed by atoms with Gasteiger partial charge in [0.2, 0.25) is 0 Å². The van der Waals surface area contributed by atoms with Crippen LogP contribution in [-0.2, 0) is 4.79 Å². The van der Waals surface area contributed by atoms with Crippen LogP contribution in [0.15, 0.2) is 24.3 Å². The van der Waals surface area contributed by atoms with Crippen LogP contribution in [0.5, 0.6) is 0 Å². The highest BCUT2D eigenvalue weighted by Gasteiger charge is 2.45. The monoisotopic (exact) mass is 270 g/mol. The maximum absolute atomic E-state index is 11.4. The first-order valence-electron chi connectivity index (χ1n) is 7.09. The smallest absolute Gasteiger partial charge is 0.311 e. The molecule has 0 saturated heterocycles. The van der Waals surface area contributed by atoms with Crippen molar-refractivity contribution < 1.29 is 9.90 Å². The predicted molar refractivity (Wildman–Crippen MR) is 75.5 cm³/mol. The van der Waals surface area contributed by atoms with Gasteiger partial charge in [-0.3, -0.25) is 4.79 Å². The Morgan fingerprint density at radius 1 is 1.45 bits per heavy atom. The van der Waals surface area contributed by atoms with Gasteiger partial charge < -0.3 is 10.0 Å². The van der Waals surface area contributed by atoms with E-state index in [2.05, 4.69) is 11.0 Å². The number of benzene rings is 1. The first-order valence-corrected chi connectivity index (χ1v) is 7.09. The molecule has 1 unspecified atom stereocenters. The van der Waals surface area contributed by atoms with Gasteiger partial charge in [0.25, 0.3) is 0 Å². The van der Waals surface area contributed by atoms with Gasteiger partial charge >= 0.3 is 5.97 Å². The molecule has 0 bridgehead atoms. The summed E-state index contributed by atoms with van der Waals surface area (Å²) in [6.45, 7) is 1.64. The minimum absolute atomic E-state index is 0.151. The van der Waals surface area contributed by atoms with E-state index in [1.165, 1.54) is 0 Å². The van der Waals surface area contributed by atoms with Crippen LogP contribution in [-0.4, -0.2) is 24.2 Å². The van der Waals surface area contributed by atoms with Crippen LogP contribution in [0, 0.1) is 16.7 Å². The van der Waals surface area contributed by atoms with Crippen molar-refractivity contribution in [2.24, 2.45) is 5.41 Å². The highest BCUT2D eigenvalue weighted by molar-refractivity contribution is 5.80. The molecule has 1 aliphatic heterocycles. The van der Waals surface area contributed by atoms with Gasteiger partial charge in [0, 0.05) is 30.6 Å². The van der Waals surface area contributed by atoms with Crippen molar-refractivity contribution in [2.75, 3.05) is 18.0 Å². The zero-order valence-electron chi connectivity index (χ0n) is 11.4. The van der Waals surface area contributed by atoms with Crippen LogP contribution < -0.4 is 4.90 Å². The van der Waals surface area contributed by atoms with Gasteiger partial charge in [0.15, 0.2) is 0 Å². The molecule has 1 aromatic carbocycles. The fraction of sp³-hybridized carbons (Fsp3) is 0.500. The summed E-state index contributed by atoms with van der Waals surface area (Å²) in [5.41, 5.74) is 2.10. The number of carboxylic acid groups (broad SMARTS) is 1. The van der Waals surface area contributed by atoms with Crippen molar-refractivity contribution in [3.05, 3.63) is 29.8 Å². The molecule has 3 rings (SSSR count). The molecule has 0 radical (unpaired) electrons. The van der Waals surface area contributed by atoms with Gasteiger partial charge in [-0.25, -0.2) is 0 Å². The third kappa shape index (κ3) is 2.24.